The highest BCUT2D eigenvalue weighted by atomic mass is 35.5. The first kappa shape index (κ1) is 20.5. The quantitative estimate of drug-likeness (QED) is 0.706. The molecule has 0 atom stereocenters. The summed E-state index contributed by atoms with van der Waals surface area (Å²) in [4.78, 5) is 17.7. The first-order valence-electron chi connectivity index (χ1n) is 8.59. The second kappa shape index (κ2) is 9.24. The van der Waals surface area contributed by atoms with E-state index in [1.807, 2.05) is 19.9 Å². The zero-order valence-corrected chi connectivity index (χ0v) is 17.4. The molecule has 0 fully saturated rings. The lowest BCUT2D eigenvalue weighted by Crippen LogP contribution is -2.22. The number of rotatable bonds is 8. The highest BCUT2D eigenvalue weighted by Gasteiger charge is 2.17. The van der Waals surface area contributed by atoms with Crippen LogP contribution in [-0.2, 0) is 13.0 Å². The average Bonchev–Trinajstić information content (AvgIpc) is 2.94. The summed E-state index contributed by atoms with van der Waals surface area (Å²) in [7, 11) is 1.56. The Morgan fingerprint density at radius 2 is 2.12 bits per heavy atom. The number of aryl methyl sites for hydroxylation is 1. The predicted octanol–water partition coefficient (Wildman–Crippen LogP) is 4.64. The van der Waals surface area contributed by atoms with Gasteiger partial charge in [-0.05, 0) is 37.5 Å². The third kappa shape index (κ3) is 5.11. The van der Waals surface area contributed by atoms with Crippen molar-refractivity contribution in [3.8, 4) is 11.5 Å². The van der Waals surface area contributed by atoms with Crippen LogP contribution in [0.4, 0.5) is 0 Å². The summed E-state index contributed by atoms with van der Waals surface area (Å²) in [5, 5.41) is 4.38. The van der Waals surface area contributed by atoms with Crippen LogP contribution in [0.25, 0.3) is 0 Å². The van der Waals surface area contributed by atoms with Crippen molar-refractivity contribution in [2.24, 2.45) is 5.92 Å². The lowest BCUT2D eigenvalue weighted by Gasteiger charge is -2.13. The van der Waals surface area contributed by atoms with E-state index >= 15 is 0 Å². The third-order valence-electron chi connectivity index (χ3n) is 3.66. The van der Waals surface area contributed by atoms with Gasteiger partial charge in [-0.3, -0.25) is 4.79 Å². The molecule has 1 amide bonds. The number of benzene rings is 1. The summed E-state index contributed by atoms with van der Waals surface area (Å²) >= 11 is 7.73. The van der Waals surface area contributed by atoms with E-state index in [1.165, 1.54) is 11.3 Å². The van der Waals surface area contributed by atoms with Gasteiger partial charge in [0.15, 0.2) is 11.5 Å². The number of carbonyl (C=O) groups excluding carboxylic acids is 1. The molecule has 7 heteroatoms. The van der Waals surface area contributed by atoms with Gasteiger partial charge in [0.25, 0.3) is 5.91 Å². The summed E-state index contributed by atoms with van der Waals surface area (Å²) < 4.78 is 10.8. The van der Waals surface area contributed by atoms with E-state index < -0.39 is 0 Å². The van der Waals surface area contributed by atoms with Crippen LogP contribution >= 0.6 is 22.9 Å². The summed E-state index contributed by atoms with van der Waals surface area (Å²) in [5.41, 5.74) is 1.61. The average molecular weight is 397 g/mol. The molecule has 0 aliphatic rings. The molecule has 1 aromatic heterocycles. The molecule has 1 heterocycles. The van der Waals surface area contributed by atoms with Gasteiger partial charge in [0, 0.05) is 13.0 Å². The number of ether oxygens (including phenoxy) is 2. The lowest BCUT2D eigenvalue weighted by molar-refractivity contribution is 0.0954. The van der Waals surface area contributed by atoms with Gasteiger partial charge in [-0.15, -0.1) is 11.3 Å². The molecule has 0 spiro atoms. The largest absolute Gasteiger partial charge is 0.493 e. The maximum absolute atomic E-state index is 12.5. The van der Waals surface area contributed by atoms with Crippen LogP contribution in [0, 0.1) is 12.8 Å². The zero-order valence-electron chi connectivity index (χ0n) is 15.8. The van der Waals surface area contributed by atoms with Gasteiger partial charge in [-0.2, -0.15) is 0 Å². The molecule has 26 heavy (non-hydrogen) atoms. The van der Waals surface area contributed by atoms with Gasteiger partial charge in [-0.25, -0.2) is 4.98 Å². The molecule has 0 bridgehead atoms. The normalized spacial score (nSPS) is 10.9. The van der Waals surface area contributed by atoms with Crippen molar-refractivity contribution in [1.29, 1.82) is 0 Å². The molecule has 0 saturated heterocycles. The minimum absolute atomic E-state index is 0.126. The van der Waals surface area contributed by atoms with E-state index in [2.05, 4.69) is 24.1 Å². The molecule has 0 saturated carbocycles. The Morgan fingerprint density at radius 1 is 1.38 bits per heavy atom. The minimum Gasteiger partial charge on any atom is -0.493 e. The van der Waals surface area contributed by atoms with Crippen molar-refractivity contribution in [1.82, 2.24) is 10.3 Å². The molecular weight excluding hydrogens is 372 g/mol. The fourth-order valence-electron chi connectivity index (χ4n) is 2.52. The fourth-order valence-corrected chi connectivity index (χ4v) is 4.00. The van der Waals surface area contributed by atoms with E-state index in [0.29, 0.717) is 40.5 Å². The Bertz CT molecular complexity index is 774. The number of thiazole rings is 1. The molecule has 142 valence electrons. The van der Waals surface area contributed by atoms with Crippen molar-refractivity contribution in [3.05, 3.63) is 38.3 Å². The maximum Gasteiger partial charge on any atom is 0.263 e. The van der Waals surface area contributed by atoms with E-state index in [-0.39, 0.29) is 5.91 Å². The number of halogens is 1. The fraction of sp³-hybridized carbons (Fsp3) is 0.474. The number of aromatic nitrogens is 1. The van der Waals surface area contributed by atoms with E-state index in [4.69, 9.17) is 21.1 Å². The Morgan fingerprint density at radius 3 is 2.73 bits per heavy atom. The highest BCUT2D eigenvalue weighted by Crippen LogP contribution is 2.36. The number of methoxy groups -OCH3 is 1. The SMILES string of the molecule is CCOc1c(Cl)cc(CNC(=O)c2sc(CC(C)C)nc2C)cc1OC. The second-order valence-electron chi connectivity index (χ2n) is 6.34. The number of carbonyl (C=O) groups is 1. The van der Waals surface area contributed by atoms with Crippen LogP contribution in [0.5, 0.6) is 11.5 Å². The number of nitrogens with zero attached hydrogens (tertiary/aromatic N) is 1. The van der Waals surface area contributed by atoms with Crippen LogP contribution < -0.4 is 14.8 Å². The zero-order chi connectivity index (χ0) is 19.3. The molecule has 0 unspecified atom stereocenters. The van der Waals surface area contributed by atoms with E-state index in [1.54, 1.807) is 13.2 Å². The number of nitrogens with one attached hydrogen (secondary N) is 1. The van der Waals surface area contributed by atoms with Gasteiger partial charge in [0.1, 0.15) is 4.88 Å². The van der Waals surface area contributed by atoms with Crippen molar-refractivity contribution >= 4 is 28.8 Å². The molecule has 0 radical (unpaired) electrons. The molecule has 5 nitrogen and oxygen atoms in total. The third-order valence-corrected chi connectivity index (χ3v) is 5.12. The standard InChI is InChI=1S/C19H25ClN2O3S/c1-6-25-17-14(20)8-13(9-15(17)24-5)10-21-19(23)18-12(4)22-16(26-18)7-11(2)3/h8-9,11H,6-7,10H2,1-5H3,(H,21,23). The van der Waals surface area contributed by atoms with Gasteiger partial charge >= 0.3 is 0 Å². The topological polar surface area (TPSA) is 60.5 Å². The maximum atomic E-state index is 12.5. The molecular formula is C19H25ClN2O3S. The van der Waals surface area contributed by atoms with Crippen LogP contribution in [0.2, 0.25) is 5.02 Å². The Kier molecular flexibility index (Phi) is 7.29. The molecule has 0 aliphatic carbocycles. The van der Waals surface area contributed by atoms with Crippen molar-refractivity contribution in [2.45, 2.75) is 40.7 Å². The monoisotopic (exact) mass is 396 g/mol. The highest BCUT2D eigenvalue weighted by molar-refractivity contribution is 7.13. The van der Waals surface area contributed by atoms with Crippen molar-refractivity contribution in [3.63, 3.8) is 0 Å². The summed E-state index contributed by atoms with van der Waals surface area (Å²) in [6.07, 6.45) is 0.879. The van der Waals surface area contributed by atoms with Crippen molar-refractivity contribution < 1.29 is 14.3 Å². The molecule has 1 aromatic carbocycles. The van der Waals surface area contributed by atoms with Crippen LogP contribution in [0.1, 0.15) is 46.7 Å². The Balaban J connectivity index is 2.10. The molecule has 2 rings (SSSR count). The van der Waals surface area contributed by atoms with E-state index in [9.17, 15) is 4.79 Å². The van der Waals surface area contributed by atoms with Crippen molar-refractivity contribution in [2.75, 3.05) is 13.7 Å². The number of hydrogen-bond acceptors (Lipinski definition) is 5. The number of hydrogen-bond donors (Lipinski definition) is 1. The van der Waals surface area contributed by atoms with E-state index in [0.717, 1.165) is 22.7 Å². The first-order valence-corrected chi connectivity index (χ1v) is 9.78. The minimum atomic E-state index is -0.126. The summed E-state index contributed by atoms with van der Waals surface area (Å²) in [6, 6.07) is 3.60. The van der Waals surface area contributed by atoms with Crippen LogP contribution in [-0.4, -0.2) is 24.6 Å². The Labute approximate surface area is 163 Å². The first-order chi connectivity index (χ1) is 12.3. The van der Waals surface area contributed by atoms with Gasteiger partial charge < -0.3 is 14.8 Å². The number of amides is 1. The Hall–Kier alpha value is -1.79. The predicted molar refractivity (Wildman–Crippen MR) is 106 cm³/mol. The van der Waals surface area contributed by atoms with Gasteiger partial charge in [-0.1, -0.05) is 25.4 Å². The van der Waals surface area contributed by atoms with Crippen LogP contribution in [0.15, 0.2) is 12.1 Å². The molecule has 2 aromatic rings. The van der Waals surface area contributed by atoms with Crippen LogP contribution in [0.3, 0.4) is 0 Å². The molecule has 1 N–H and O–H groups in total. The lowest BCUT2D eigenvalue weighted by atomic mass is 10.1. The smallest absolute Gasteiger partial charge is 0.263 e. The second-order valence-corrected chi connectivity index (χ2v) is 7.84. The molecule has 0 aliphatic heterocycles. The summed E-state index contributed by atoms with van der Waals surface area (Å²) in [6.45, 7) is 8.87. The van der Waals surface area contributed by atoms with Gasteiger partial charge in [0.05, 0.1) is 29.4 Å². The summed E-state index contributed by atoms with van der Waals surface area (Å²) in [5.74, 6) is 1.45. The van der Waals surface area contributed by atoms with Gasteiger partial charge in [0.2, 0.25) is 0 Å².